The second-order valence-electron chi connectivity index (χ2n) is 3.54. The van der Waals surface area contributed by atoms with E-state index in [4.69, 9.17) is 5.11 Å². The molecule has 0 aliphatic rings. The van der Waals surface area contributed by atoms with E-state index < -0.39 is 5.97 Å². The van der Waals surface area contributed by atoms with Crippen molar-refractivity contribution in [3.8, 4) is 0 Å². The molecule has 2 aromatic rings. The highest BCUT2D eigenvalue weighted by molar-refractivity contribution is 9.10. The second kappa shape index (κ2) is 5.53. The first-order valence-electron chi connectivity index (χ1n) is 5.06. The van der Waals surface area contributed by atoms with Gasteiger partial charge >= 0.3 is 5.97 Å². The Morgan fingerprint density at radius 1 is 1.50 bits per heavy atom. The van der Waals surface area contributed by atoms with Crippen LogP contribution in [0, 0.1) is 0 Å². The van der Waals surface area contributed by atoms with Crippen LogP contribution in [-0.4, -0.2) is 25.8 Å². The zero-order chi connectivity index (χ0) is 13.1. The lowest BCUT2D eigenvalue weighted by Crippen LogP contribution is -2.03. The van der Waals surface area contributed by atoms with Crippen molar-refractivity contribution in [2.75, 3.05) is 0 Å². The van der Waals surface area contributed by atoms with Gasteiger partial charge in [-0.2, -0.15) is 5.10 Å². The number of aromatic carboxylic acids is 1. The molecule has 0 atom stereocenters. The fraction of sp³-hybridized carbons (Fsp3) is 0.182. The molecule has 0 unspecified atom stereocenters. The average Bonchev–Trinajstić information content (AvgIpc) is 2.70. The first kappa shape index (κ1) is 13.1. The molecule has 0 bridgehead atoms. The number of hydrogen-bond donors (Lipinski definition) is 1. The van der Waals surface area contributed by atoms with Crippen LogP contribution in [0.25, 0.3) is 0 Å². The normalized spacial score (nSPS) is 10.6. The lowest BCUT2D eigenvalue weighted by molar-refractivity contribution is 0.0696. The minimum atomic E-state index is -0.956. The molecule has 94 valence electrons. The van der Waals surface area contributed by atoms with Gasteiger partial charge in [0.2, 0.25) is 0 Å². The van der Waals surface area contributed by atoms with Crippen molar-refractivity contribution in [1.82, 2.24) is 14.8 Å². The maximum absolute atomic E-state index is 11.0. The molecule has 0 saturated heterocycles. The molecule has 2 rings (SSSR count). The quantitative estimate of drug-likeness (QED) is 0.874. The van der Waals surface area contributed by atoms with Gasteiger partial charge in [0.25, 0.3) is 0 Å². The topological polar surface area (TPSA) is 68.0 Å². The van der Waals surface area contributed by atoms with Gasteiger partial charge in [0.15, 0.2) is 0 Å². The molecular formula is C11H10BrN3O2S. The number of carbonyl (C=O) groups is 1. The van der Waals surface area contributed by atoms with Crippen LogP contribution in [-0.2, 0) is 12.8 Å². The fourth-order valence-corrected chi connectivity index (χ4v) is 2.56. The van der Waals surface area contributed by atoms with Crippen molar-refractivity contribution in [2.24, 2.45) is 7.05 Å². The Balaban J connectivity index is 2.12. The van der Waals surface area contributed by atoms with Crippen LogP contribution in [0.5, 0.6) is 0 Å². The van der Waals surface area contributed by atoms with Gasteiger partial charge in [0.05, 0.1) is 16.9 Å². The summed E-state index contributed by atoms with van der Waals surface area (Å²) in [5.74, 6) is -0.435. The molecule has 2 heterocycles. The molecule has 0 aliphatic heterocycles. The summed E-state index contributed by atoms with van der Waals surface area (Å²) in [6.45, 7) is 0. The molecule has 0 saturated carbocycles. The van der Waals surface area contributed by atoms with Crippen molar-refractivity contribution in [3.05, 3.63) is 40.3 Å². The van der Waals surface area contributed by atoms with Crippen molar-refractivity contribution in [3.63, 3.8) is 0 Å². The second-order valence-corrected chi connectivity index (χ2v) is 5.45. The molecule has 5 nitrogen and oxygen atoms in total. The minimum Gasteiger partial charge on any atom is -0.478 e. The highest BCUT2D eigenvalue weighted by atomic mass is 79.9. The van der Waals surface area contributed by atoms with Crippen LogP contribution >= 0.6 is 27.7 Å². The van der Waals surface area contributed by atoms with E-state index in [1.54, 1.807) is 17.9 Å². The largest absolute Gasteiger partial charge is 0.478 e. The molecule has 0 aliphatic carbocycles. The summed E-state index contributed by atoms with van der Waals surface area (Å²) in [4.78, 5) is 15.2. The number of rotatable bonds is 4. The lowest BCUT2D eigenvalue weighted by atomic mass is 10.3. The third-order valence-electron chi connectivity index (χ3n) is 2.35. The van der Waals surface area contributed by atoms with Crippen LogP contribution in [0.2, 0.25) is 0 Å². The maximum atomic E-state index is 11.0. The Hall–Kier alpha value is -1.34. The number of pyridine rings is 1. The molecule has 7 heteroatoms. The Morgan fingerprint density at radius 3 is 2.89 bits per heavy atom. The van der Waals surface area contributed by atoms with Crippen LogP contribution < -0.4 is 0 Å². The van der Waals surface area contributed by atoms with Crippen LogP contribution in [0.3, 0.4) is 0 Å². The summed E-state index contributed by atoms with van der Waals surface area (Å²) in [7, 11) is 1.73. The number of aromatic nitrogens is 3. The Kier molecular flexibility index (Phi) is 4.03. The summed E-state index contributed by atoms with van der Waals surface area (Å²) in [5.41, 5.74) is 0.916. The van der Waals surface area contributed by atoms with E-state index in [1.807, 2.05) is 12.1 Å². The van der Waals surface area contributed by atoms with E-state index in [-0.39, 0.29) is 5.56 Å². The molecule has 18 heavy (non-hydrogen) atoms. The number of nitrogens with zero attached hydrogens (tertiary/aromatic N) is 3. The van der Waals surface area contributed by atoms with Gasteiger partial charge in [0, 0.05) is 23.5 Å². The predicted molar refractivity (Wildman–Crippen MR) is 71.7 cm³/mol. The maximum Gasteiger partial charge on any atom is 0.339 e. The number of carboxylic acid groups (broad SMARTS) is 1. The fourth-order valence-electron chi connectivity index (χ4n) is 1.40. The van der Waals surface area contributed by atoms with Gasteiger partial charge in [-0.1, -0.05) is 0 Å². The first-order valence-corrected chi connectivity index (χ1v) is 6.84. The first-order chi connectivity index (χ1) is 8.58. The van der Waals surface area contributed by atoms with E-state index in [0.717, 1.165) is 9.50 Å². The number of halogens is 1. The SMILES string of the molecule is Cn1ncc(C(=O)O)c1CSc1ccc(Br)cn1. The van der Waals surface area contributed by atoms with Crippen molar-refractivity contribution < 1.29 is 9.90 Å². The van der Waals surface area contributed by atoms with Crippen LogP contribution in [0.15, 0.2) is 34.0 Å². The Bertz CT molecular complexity index is 568. The average molecular weight is 328 g/mol. The number of hydrogen-bond acceptors (Lipinski definition) is 4. The van der Waals surface area contributed by atoms with Gasteiger partial charge in [-0.25, -0.2) is 9.78 Å². The highest BCUT2D eigenvalue weighted by Gasteiger charge is 2.15. The number of aryl methyl sites for hydroxylation is 1. The van der Waals surface area contributed by atoms with E-state index in [2.05, 4.69) is 26.0 Å². The molecule has 0 fully saturated rings. The van der Waals surface area contributed by atoms with E-state index in [1.165, 1.54) is 18.0 Å². The van der Waals surface area contributed by atoms with E-state index in [9.17, 15) is 4.79 Å². The summed E-state index contributed by atoms with van der Waals surface area (Å²) in [5, 5.41) is 13.8. The third kappa shape index (κ3) is 2.91. The zero-order valence-electron chi connectivity index (χ0n) is 9.50. The van der Waals surface area contributed by atoms with Crippen molar-refractivity contribution in [2.45, 2.75) is 10.8 Å². The summed E-state index contributed by atoms with van der Waals surface area (Å²) in [6.07, 6.45) is 3.08. The van der Waals surface area contributed by atoms with Gasteiger partial charge in [-0.15, -0.1) is 11.8 Å². The van der Waals surface area contributed by atoms with E-state index in [0.29, 0.717) is 11.4 Å². The molecule has 0 radical (unpaired) electrons. The molecular weight excluding hydrogens is 318 g/mol. The van der Waals surface area contributed by atoms with Gasteiger partial charge < -0.3 is 5.11 Å². The van der Waals surface area contributed by atoms with Crippen molar-refractivity contribution >= 4 is 33.7 Å². The third-order valence-corrected chi connectivity index (χ3v) is 3.77. The number of thioether (sulfide) groups is 1. The number of carboxylic acids is 1. The Morgan fingerprint density at radius 2 is 2.28 bits per heavy atom. The van der Waals surface area contributed by atoms with Crippen molar-refractivity contribution in [1.29, 1.82) is 0 Å². The van der Waals surface area contributed by atoms with Crippen LogP contribution in [0.1, 0.15) is 16.1 Å². The highest BCUT2D eigenvalue weighted by Crippen LogP contribution is 2.23. The predicted octanol–water partition coefficient (Wildman–Crippen LogP) is 2.57. The molecule has 2 aromatic heterocycles. The van der Waals surface area contributed by atoms with Gasteiger partial charge in [0.1, 0.15) is 5.56 Å². The molecule has 1 N–H and O–H groups in total. The smallest absolute Gasteiger partial charge is 0.339 e. The van der Waals surface area contributed by atoms with E-state index >= 15 is 0 Å². The summed E-state index contributed by atoms with van der Waals surface area (Å²) >= 11 is 4.79. The lowest BCUT2D eigenvalue weighted by Gasteiger charge is -2.03. The molecule has 0 aromatic carbocycles. The molecule has 0 amide bonds. The molecule has 0 spiro atoms. The zero-order valence-corrected chi connectivity index (χ0v) is 11.9. The summed E-state index contributed by atoms with van der Waals surface area (Å²) < 4.78 is 2.49. The standard InChI is InChI=1S/C11H10BrN3O2S/c1-15-9(8(5-14-15)11(16)17)6-18-10-3-2-7(12)4-13-10/h2-5H,6H2,1H3,(H,16,17). The van der Waals surface area contributed by atoms with Gasteiger partial charge in [-0.3, -0.25) is 4.68 Å². The van der Waals surface area contributed by atoms with Crippen LogP contribution in [0.4, 0.5) is 0 Å². The van der Waals surface area contributed by atoms with Gasteiger partial charge in [-0.05, 0) is 28.1 Å². The minimum absolute atomic E-state index is 0.238. The Labute approximate surface area is 116 Å². The monoisotopic (exact) mass is 327 g/mol. The summed E-state index contributed by atoms with van der Waals surface area (Å²) in [6, 6.07) is 3.78.